The van der Waals surface area contributed by atoms with Crippen LogP contribution in [0.25, 0.3) is 0 Å². The van der Waals surface area contributed by atoms with Crippen molar-refractivity contribution in [3.8, 4) is 0 Å². The monoisotopic (exact) mass is 362 g/mol. The molecule has 1 unspecified atom stereocenters. The Morgan fingerprint density at radius 1 is 1.35 bits per heavy atom. The van der Waals surface area contributed by atoms with Crippen LogP contribution in [0.4, 0.5) is 0 Å². The Morgan fingerprint density at radius 3 is 2.43 bits per heavy atom. The van der Waals surface area contributed by atoms with E-state index in [2.05, 4.69) is 0 Å². The molecule has 0 radical (unpaired) electrons. The van der Waals surface area contributed by atoms with Crippen LogP contribution >= 0.6 is 12.4 Å². The van der Waals surface area contributed by atoms with Gasteiger partial charge in [0.05, 0.1) is 17.1 Å². The van der Waals surface area contributed by atoms with Crippen molar-refractivity contribution in [2.75, 3.05) is 26.2 Å². The third kappa shape index (κ3) is 4.23. The first-order valence-electron chi connectivity index (χ1n) is 7.30. The Morgan fingerprint density at radius 2 is 1.96 bits per heavy atom. The number of benzene rings is 1. The van der Waals surface area contributed by atoms with Crippen LogP contribution in [0.5, 0.6) is 0 Å². The van der Waals surface area contributed by atoms with Gasteiger partial charge in [0.1, 0.15) is 0 Å². The molecule has 1 heterocycles. The van der Waals surface area contributed by atoms with E-state index in [1.54, 1.807) is 6.92 Å². The largest absolute Gasteiger partial charge is 0.462 e. The van der Waals surface area contributed by atoms with Gasteiger partial charge in [-0.05, 0) is 49.6 Å². The van der Waals surface area contributed by atoms with Crippen LogP contribution in [-0.4, -0.2) is 44.9 Å². The molecule has 23 heavy (non-hydrogen) atoms. The number of nitrogens with zero attached hydrogens (tertiary/aromatic N) is 1. The second-order valence-corrected chi connectivity index (χ2v) is 7.79. The maximum absolute atomic E-state index is 12.6. The highest BCUT2D eigenvalue weighted by molar-refractivity contribution is 7.89. The second kappa shape index (κ2) is 7.61. The number of carbonyl (C=O) groups excluding carboxylic acids is 1. The molecule has 0 aromatic heterocycles. The van der Waals surface area contributed by atoms with E-state index in [1.165, 1.54) is 28.6 Å². The summed E-state index contributed by atoms with van der Waals surface area (Å²) in [6.07, 6.45) is 0.754. The fraction of sp³-hybridized carbons (Fsp3) is 0.533. The van der Waals surface area contributed by atoms with Crippen molar-refractivity contribution in [2.24, 2.45) is 11.1 Å². The van der Waals surface area contributed by atoms with Crippen molar-refractivity contribution in [3.05, 3.63) is 29.8 Å². The fourth-order valence-corrected chi connectivity index (χ4v) is 4.07. The molecule has 1 aliphatic heterocycles. The first-order chi connectivity index (χ1) is 10.3. The van der Waals surface area contributed by atoms with Crippen molar-refractivity contribution in [1.82, 2.24) is 4.31 Å². The van der Waals surface area contributed by atoms with E-state index in [-0.39, 0.29) is 29.3 Å². The van der Waals surface area contributed by atoms with Crippen LogP contribution < -0.4 is 5.73 Å². The van der Waals surface area contributed by atoms with E-state index in [0.717, 1.165) is 6.42 Å². The summed E-state index contributed by atoms with van der Waals surface area (Å²) < 4.78 is 31.6. The topological polar surface area (TPSA) is 89.7 Å². The third-order valence-corrected chi connectivity index (χ3v) is 5.88. The zero-order valence-corrected chi connectivity index (χ0v) is 15.0. The molecule has 1 saturated heterocycles. The number of hydrogen-bond donors (Lipinski definition) is 1. The molecule has 1 aliphatic rings. The molecular weight excluding hydrogens is 340 g/mol. The number of halogens is 1. The standard InChI is InChI=1S/C15H22N2O4S.ClH/c1-3-21-14(18)12-4-6-13(7-5-12)22(19,20)17-9-8-15(2,10-16)11-17;/h4-7H,3,8-11,16H2,1-2H3;1H. The van der Waals surface area contributed by atoms with E-state index in [4.69, 9.17) is 10.5 Å². The summed E-state index contributed by atoms with van der Waals surface area (Å²) >= 11 is 0. The first kappa shape index (κ1) is 19.9. The fourth-order valence-electron chi connectivity index (χ4n) is 2.48. The highest BCUT2D eigenvalue weighted by Gasteiger charge is 2.38. The molecule has 0 aliphatic carbocycles. The SMILES string of the molecule is CCOC(=O)c1ccc(S(=O)(=O)N2CCC(C)(CN)C2)cc1.Cl. The van der Waals surface area contributed by atoms with Crippen LogP contribution in [0.15, 0.2) is 29.2 Å². The molecule has 0 saturated carbocycles. The van der Waals surface area contributed by atoms with Gasteiger partial charge in [-0.1, -0.05) is 6.92 Å². The van der Waals surface area contributed by atoms with Gasteiger partial charge in [-0.25, -0.2) is 13.2 Å². The quantitative estimate of drug-likeness (QED) is 0.804. The molecule has 0 bridgehead atoms. The molecule has 0 spiro atoms. The van der Waals surface area contributed by atoms with E-state index in [0.29, 0.717) is 25.2 Å². The minimum atomic E-state index is -3.55. The van der Waals surface area contributed by atoms with Gasteiger partial charge in [0.25, 0.3) is 0 Å². The molecule has 0 amide bonds. The van der Waals surface area contributed by atoms with Gasteiger partial charge < -0.3 is 10.5 Å². The Bertz CT molecular complexity index is 648. The lowest BCUT2D eigenvalue weighted by Gasteiger charge is -2.22. The van der Waals surface area contributed by atoms with Crippen LogP contribution in [0.2, 0.25) is 0 Å². The normalized spacial score (nSPS) is 21.7. The van der Waals surface area contributed by atoms with Gasteiger partial charge in [0.2, 0.25) is 10.0 Å². The predicted molar refractivity (Wildman–Crippen MR) is 90.2 cm³/mol. The lowest BCUT2D eigenvalue weighted by molar-refractivity contribution is 0.0526. The summed E-state index contributed by atoms with van der Waals surface area (Å²) in [7, 11) is -3.55. The average molecular weight is 363 g/mol. The Hall–Kier alpha value is -1.15. The number of rotatable bonds is 5. The highest BCUT2D eigenvalue weighted by Crippen LogP contribution is 2.32. The van der Waals surface area contributed by atoms with Crippen LogP contribution in [0.3, 0.4) is 0 Å². The maximum atomic E-state index is 12.6. The van der Waals surface area contributed by atoms with Gasteiger partial charge in [0.15, 0.2) is 0 Å². The Labute approximate surface area is 143 Å². The zero-order valence-electron chi connectivity index (χ0n) is 13.3. The van der Waals surface area contributed by atoms with Crippen molar-refractivity contribution < 1.29 is 17.9 Å². The van der Waals surface area contributed by atoms with Crippen LogP contribution in [-0.2, 0) is 14.8 Å². The molecule has 130 valence electrons. The number of ether oxygens (including phenoxy) is 1. The number of hydrogen-bond acceptors (Lipinski definition) is 5. The third-order valence-electron chi connectivity index (χ3n) is 4.02. The Balaban J connectivity index is 0.00000264. The van der Waals surface area contributed by atoms with E-state index >= 15 is 0 Å². The van der Waals surface area contributed by atoms with Gasteiger partial charge in [-0.3, -0.25) is 0 Å². The summed E-state index contributed by atoms with van der Waals surface area (Å²) in [4.78, 5) is 11.8. The predicted octanol–water partition coefficient (Wildman–Crippen LogP) is 1.64. The van der Waals surface area contributed by atoms with E-state index in [9.17, 15) is 13.2 Å². The highest BCUT2D eigenvalue weighted by atomic mass is 35.5. The van der Waals surface area contributed by atoms with Gasteiger partial charge >= 0.3 is 5.97 Å². The van der Waals surface area contributed by atoms with Gasteiger partial charge in [-0.2, -0.15) is 4.31 Å². The molecular formula is C15H23ClN2O4S. The van der Waals surface area contributed by atoms with Gasteiger partial charge in [0, 0.05) is 13.1 Å². The summed E-state index contributed by atoms with van der Waals surface area (Å²) in [6.45, 7) is 5.34. The molecule has 2 N–H and O–H groups in total. The van der Waals surface area contributed by atoms with Crippen molar-refractivity contribution in [3.63, 3.8) is 0 Å². The lowest BCUT2D eigenvalue weighted by Crippen LogP contribution is -2.34. The first-order valence-corrected chi connectivity index (χ1v) is 8.74. The minimum Gasteiger partial charge on any atom is -0.462 e. The molecule has 8 heteroatoms. The molecule has 2 rings (SSSR count). The van der Waals surface area contributed by atoms with Crippen molar-refractivity contribution >= 4 is 28.4 Å². The number of sulfonamides is 1. The van der Waals surface area contributed by atoms with Gasteiger partial charge in [-0.15, -0.1) is 12.4 Å². The number of esters is 1. The average Bonchev–Trinajstić information content (AvgIpc) is 2.92. The summed E-state index contributed by atoms with van der Waals surface area (Å²) in [5, 5.41) is 0. The van der Waals surface area contributed by atoms with E-state index in [1.807, 2.05) is 6.92 Å². The van der Waals surface area contributed by atoms with Crippen LogP contribution in [0, 0.1) is 5.41 Å². The molecule has 6 nitrogen and oxygen atoms in total. The van der Waals surface area contributed by atoms with Crippen molar-refractivity contribution in [1.29, 1.82) is 0 Å². The Kier molecular flexibility index (Phi) is 6.59. The second-order valence-electron chi connectivity index (χ2n) is 5.85. The van der Waals surface area contributed by atoms with Crippen LogP contribution in [0.1, 0.15) is 30.6 Å². The molecule has 1 fully saturated rings. The van der Waals surface area contributed by atoms with Crippen molar-refractivity contribution in [2.45, 2.75) is 25.2 Å². The summed E-state index contributed by atoms with van der Waals surface area (Å²) in [6, 6.07) is 5.84. The lowest BCUT2D eigenvalue weighted by atomic mass is 9.90. The summed E-state index contributed by atoms with van der Waals surface area (Å²) in [5.41, 5.74) is 5.89. The maximum Gasteiger partial charge on any atom is 0.338 e. The smallest absolute Gasteiger partial charge is 0.338 e. The number of carbonyl (C=O) groups is 1. The minimum absolute atomic E-state index is 0. The molecule has 1 aromatic carbocycles. The van der Waals surface area contributed by atoms with E-state index < -0.39 is 16.0 Å². The number of nitrogens with two attached hydrogens (primary N) is 1. The molecule has 1 atom stereocenters. The molecule has 1 aromatic rings. The zero-order chi connectivity index (χ0) is 16.4. The summed E-state index contributed by atoms with van der Waals surface area (Å²) in [5.74, 6) is -0.455.